The van der Waals surface area contributed by atoms with Gasteiger partial charge in [-0.1, -0.05) is 12.1 Å². The zero-order valence-corrected chi connectivity index (χ0v) is 9.78. The van der Waals surface area contributed by atoms with E-state index in [1.807, 2.05) is 0 Å². The molecule has 5 heteroatoms. The van der Waals surface area contributed by atoms with Crippen LogP contribution in [-0.2, 0) is 17.5 Å². The molecular weight excluding hydrogens is 245 g/mol. The summed E-state index contributed by atoms with van der Waals surface area (Å²) in [6, 6.07) is 5.08. The summed E-state index contributed by atoms with van der Waals surface area (Å²) in [7, 11) is 0. The van der Waals surface area contributed by atoms with Crippen molar-refractivity contribution in [3.63, 3.8) is 0 Å². The molecule has 1 fully saturated rings. The van der Waals surface area contributed by atoms with Crippen molar-refractivity contribution in [3.05, 3.63) is 35.4 Å². The molecule has 0 spiro atoms. The molecule has 0 bridgehead atoms. The van der Waals surface area contributed by atoms with Crippen LogP contribution < -0.4 is 0 Å². The van der Waals surface area contributed by atoms with E-state index in [0.29, 0.717) is 12.0 Å². The lowest BCUT2D eigenvalue weighted by Crippen LogP contribution is -2.22. The standard InChI is InChI=1S/C13H15F3O2/c14-13(15,16)10-4-1-3-9(7-10)8-18-12-6-2-5-11(12)17/h1,3-4,7,11-12,17H,2,5-6,8H2/t11-,12-/m1/s1. The second-order valence-electron chi connectivity index (χ2n) is 4.55. The monoisotopic (exact) mass is 260 g/mol. The van der Waals surface area contributed by atoms with Crippen LogP contribution in [0.5, 0.6) is 0 Å². The van der Waals surface area contributed by atoms with E-state index in [1.165, 1.54) is 6.07 Å². The number of benzene rings is 1. The molecule has 0 radical (unpaired) electrons. The van der Waals surface area contributed by atoms with Gasteiger partial charge in [0.05, 0.1) is 24.4 Å². The van der Waals surface area contributed by atoms with Crippen LogP contribution in [0.2, 0.25) is 0 Å². The Morgan fingerprint density at radius 2 is 2.06 bits per heavy atom. The Bertz CT molecular complexity index is 403. The van der Waals surface area contributed by atoms with Gasteiger partial charge < -0.3 is 9.84 Å². The van der Waals surface area contributed by atoms with E-state index in [4.69, 9.17) is 4.74 Å². The Labute approximate surface area is 103 Å². The first-order valence-corrected chi connectivity index (χ1v) is 5.92. The van der Waals surface area contributed by atoms with Crippen LogP contribution in [0.15, 0.2) is 24.3 Å². The first kappa shape index (κ1) is 13.4. The Kier molecular flexibility index (Phi) is 3.92. The molecule has 0 amide bonds. The summed E-state index contributed by atoms with van der Waals surface area (Å²) in [5.74, 6) is 0. The quantitative estimate of drug-likeness (QED) is 0.904. The number of hydrogen-bond donors (Lipinski definition) is 1. The SMILES string of the molecule is O[C@@H]1CCC[C@H]1OCc1cccc(C(F)(F)F)c1. The van der Waals surface area contributed by atoms with Crippen molar-refractivity contribution in [2.75, 3.05) is 0 Å². The summed E-state index contributed by atoms with van der Waals surface area (Å²) in [4.78, 5) is 0. The third kappa shape index (κ3) is 3.23. The van der Waals surface area contributed by atoms with Crippen molar-refractivity contribution in [1.29, 1.82) is 0 Å². The first-order valence-electron chi connectivity index (χ1n) is 5.92. The summed E-state index contributed by atoms with van der Waals surface area (Å²) < 4.78 is 42.9. The molecule has 0 aromatic heterocycles. The summed E-state index contributed by atoms with van der Waals surface area (Å²) in [6.45, 7) is 0.103. The van der Waals surface area contributed by atoms with Crippen LogP contribution in [0.1, 0.15) is 30.4 Å². The molecule has 2 atom stereocenters. The highest BCUT2D eigenvalue weighted by Gasteiger charge is 2.30. The molecule has 1 aromatic rings. The summed E-state index contributed by atoms with van der Waals surface area (Å²) >= 11 is 0. The van der Waals surface area contributed by atoms with Crippen LogP contribution in [0.4, 0.5) is 13.2 Å². The van der Waals surface area contributed by atoms with Crippen molar-refractivity contribution in [2.45, 2.75) is 44.3 Å². The van der Waals surface area contributed by atoms with Crippen LogP contribution >= 0.6 is 0 Å². The zero-order chi connectivity index (χ0) is 13.2. The maximum Gasteiger partial charge on any atom is 0.416 e. The van der Waals surface area contributed by atoms with Gasteiger partial charge in [-0.05, 0) is 37.0 Å². The zero-order valence-electron chi connectivity index (χ0n) is 9.78. The third-order valence-corrected chi connectivity index (χ3v) is 3.14. The largest absolute Gasteiger partial charge is 0.416 e. The molecule has 2 nitrogen and oxygen atoms in total. The van der Waals surface area contributed by atoms with Crippen molar-refractivity contribution < 1.29 is 23.0 Å². The van der Waals surface area contributed by atoms with Gasteiger partial charge in [0.15, 0.2) is 0 Å². The fourth-order valence-electron chi connectivity index (χ4n) is 2.14. The van der Waals surface area contributed by atoms with E-state index in [1.54, 1.807) is 6.07 Å². The lowest BCUT2D eigenvalue weighted by atomic mass is 10.1. The van der Waals surface area contributed by atoms with Gasteiger partial charge in [-0.2, -0.15) is 13.2 Å². The number of aliphatic hydroxyl groups is 1. The van der Waals surface area contributed by atoms with E-state index in [0.717, 1.165) is 25.0 Å². The number of hydrogen-bond acceptors (Lipinski definition) is 2. The average Bonchev–Trinajstić information content (AvgIpc) is 2.72. The highest BCUT2D eigenvalue weighted by molar-refractivity contribution is 5.25. The van der Waals surface area contributed by atoms with Gasteiger partial charge in [0, 0.05) is 0 Å². The van der Waals surface area contributed by atoms with Gasteiger partial charge in [0.2, 0.25) is 0 Å². The Morgan fingerprint density at radius 1 is 1.28 bits per heavy atom. The molecule has 0 heterocycles. The summed E-state index contributed by atoms with van der Waals surface area (Å²) in [5.41, 5.74) is -0.195. The summed E-state index contributed by atoms with van der Waals surface area (Å²) in [6.07, 6.45) is -2.71. The Balaban J connectivity index is 1.97. The van der Waals surface area contributed by atoms with Crippen molar-refractivity contribution in [1.82, 2.24) is 0 Å². The molecule has 1 N–H and O–H groups in total. The van der Waals surface area contributed by atoms with E-state index in [2.05, 4.69) is 0 Å². The Morgan fingerprint density at radius 3 is 2.67 bits per heavy atom. The van der Waals surface area contributed by atoms with Gasteiger partial charge in [-0.3, -0.25) is 0 Å². The maximum atomic E-state index is 12.5. The van der Waals surface area contributed by atoms with E-state index >= 15 is 0 Å². The van der Waals surface area contributed by atoms with Gasteiger partial charge >= 0.3 is 6.18 Å². The van der Waals surface area contributed by atoms with Gasteiger partial charge in [0.25, 0.3) is 0 Å². The molecular formula is C13H15F3O2. The normalized spacial score (nSPS) is 24.4. The number of aliphatic hydroxyl groups excluding tert-OH is 1. The molecule has 0 unspecified atom stereocenters. The van der Waals surface area contributed by atoms with Crippen LogP contribution in [-0.4, -0.2) is 17.3 Å². The topological polar surface area (TPSA) is 29.5 Å². The van der Waals surface area contributed by atoms with Crippen molar-refractivity contribution >= 4 is 0 Å². The molecule has 1 saturated carbocycles. The lowest BCUT2D eigenvalue weighted by Gasteiger charge is -2.16. The molecule has 0 saturated heterocycles. The minimum Gasteiger partial charge on any atom is -0.390 e. The van der Waals surface area contributed by atoms with Crippen LogP contribution in [0.3, 0.4) is 0 Å². The molecule has 1 aromatic carbocycles. The maximum absolute atomic E-state index is 12.5. The predicted octanol–water partition coefficient (Wildman–Crippen LogP) is 3.14. The van der Waals surface area contributed by atoms with Crippen LogP contribution in [0.25, 0.3) is 0 Å². The fourth-order valence-corrected chi connectivity index (χ4v) is 2.14. The highest BCUT2D eigenvalue weighted by Crippen LogP contribution is 2.30. The van der Waals surface area contributed by atoms with E-state index in [9.17, 15) is 18.3 Å². The third-order valence-electron chi connectivity index (χ3n) is 3.14. The molecule has 18 heavy (non-hydrogen) atoms. The van der Waals surface area contributed by atoms with E-state index < -0.39 is 17.8 Å². The van der Waals surface area contributed by atoms with Gasteiger partial charge in [0.1, 0.15) is 0 Å². The first-order chi connectivity index (χ1) is 8.47. The summed E-state index contributed by atoms with van der Waals surface area (Å²) in [5, 5.41) is 9.55. The molecule has 1 aliphatic rings. The Hall–Kier alpha value is -1.07. The van der Waals surface area contributed by atoms with E-state index in [-0.39, 0.29) is 12.7 Å². The second kappa shape index (κ2) is 5.28. The minimum absolute atomic E-state index is 0.103. The second-order valence-corrected chi connectivity index (χ2v) is 4.55. The number of alkyl halides is 3. The predicted molar refractivity (Wildman–Crippen MR) is 59.9 cm³/mol. The van der Waals surface area contributed by atoms with Gasteiger partial charge in [-0.25, -0.2) is 0 Å². The number of halogens is 3. The minimum atomic E-state index is -4.33. The van der Waals surface area contributed by atoms with Crippen LogP contribution in [0, 0.1) is 0 Å². The molecule has 2 rings (SSSR count). The van der Waals surface area contributed by atoms with Gasteiger partial charge in [-0.15, -0.1) is 0 Å². The lowest BCUT2D eigenvalue weighted by molar-refractivity contribution is -0.137. The molecule has 1 aliphatic carbocycles. The number of rotatable bonds is 3. The van der Waals surface area contributed by atoms with Crippen molar-refractivity contribution in [2.24, 2.45) is 0 Å². The molecule has 100 valence electrons. The smallest absolute Gasteiger partial charge is 0.390 e. The fraction of sp³-hybridized carbons (Fsp3) is 0.538. The van der Waals surface area contributed by atoms with Crippen molar-refractivity contribution in [3.8, 4) is 0 Å². The highest BCUT2D eigenvalue weighted by atomic mass is 19.4. The number of ether oxygens (including phenoxy) is 1. The molecule has 0 aliphatic heterocycles. The average molecular weight is 260 g/mol.